The third-order valence-electron chi connectivity index (χ3n) is 4.97. The van der Waals surface area contributed by atoms with Crippen molar-refractivity contribution in [1.82, 2.24) is 0 Å². The van der Waals surface area contributed by atoms with Gasteiger partial charge in [0, 0.05) is 12.8 Å². The van der Waals surface area contributed by atoms with Crippen molar-refractivity contribution >= 4 is 23.9 Å². The van der Waals surface area contributed by atoms with E-state index in [4.69, 9.17) is 20.4 Å². The molecule has 0 saturated carbocycles. The maximum atomic E-state index is 10.6. The highest BCUT2D eigenvalue weighted by molar-refractivity contribution is 5.92. The summed E-state index contributed by atoms with van der Waals surface area (Å²) in [5, 5.41) is 34.0. The Hall–Kier alpha value is -2.12. The third kappa shape index (κ3) is 25.8. The first-order valence-corrected chi connectivity index (χ1v) is 11.6. The molecule has 0 aromatic rings. The minimum Gasteiger partial charge on any atom is -0.481 e. The summed E-state index contributed by atoms with van der Waals surface area (Å²) in [5.41, 5.74) is 0. The van der Waals surface area contributed by atoms with Gasteiger partial charge in [-0.2, -0.15) is 0 Å². The zero-order valence-electron chi connectivity index (χ0n) is 19.0. The van der Waals surface area contributed by atoms with Crippen LogP contribution in [0.25, 0.3) is 0 Å². The molecule has 0 fully saturated rings. The van der Waals surface area contributed by atoms with E-state index in [1.807, 2.05) is 0 Å². The molecule has 0 amide bonds. The molecule has 8 heteroatoms. The zero-order chi connectivity index (χ0) is 23.9. The minimum atomic E-state index is -1.23. The lowest BCUT2D eigenvalue weighted by Gasteiger charge is -2.06. The van der Waals surface area contributed by atoms with Crippen molar-refractivity contribution in [2.75, 3.05) is 0 Å². The van der Waals surface area contributed by atoms with Crippen LogP contribution in [0, 0.1) is 5.92 Å². The van der Waals surface area contributed by atoms with Crippen LogP contribution < -0.4 is 0 Å². The molecule has 0 radical (unpaired) electrons. The van der Waals surface area contributed by atoms with Crippen molar-refractivity contribution in [2.24, 2.45) is 5.92 Å². The molecule has 0 rings (SSSR count). The quantitative estimate of drug-likeness (QED) is 0.140. The van der Waals surface area contributed by atoms with E-state index < -0.39 is 29.8 Å². The van der Waals surface area contributed by atoms with E-state index in [0.29, 0.717) is 19.3 Å². The molecular weight excluding hydrogens is 404 g/mol. The Morgan fingerprint density at radius 1 is 0.516 bits per heavy atom. The van der Waals surface area contributed by atoms with Crippen molar-refractivity contribution < 1.29 is 39.6 Å². The van der Waals surface area contributed by atoms with E-state index in [9.17, 15) is 19.2 Å². The Balaban J connectivity index is 0. The topological polar surface area (TPSA) is 149 Å². The predicted molar refractivity (Wildman–Crippen MR) is 118 cm³/mol. The largest absolute Gasteiger partial charge is 0.481 e. The van der Waals surface area contributed by atoms with E-state index in [-0.39, 0.29) is 19.3 Å². The molecule has 0 bridgehead atoms. The Labute approximate surface area is 186 Å². The molecule has 0 unspecified atom stereocenters. The normalized spacial score (nSPS) is 10.4. The number of carboxylic acid groups (broad SMARTS) is 4. The highest BCUT2D eigenvalue weighted by Crippen LogP contribution is 2.14. The van der Waals surface area contributed by atoms with Gasteiger partial charge in [0.1, 0.15) is 0 Å². The second-order valence-corrected chi connectivity index (χ2v) is 7.90. The smallest absolute Gasteiger partial charge is 0.317 e. The van der Waals surface area contributed by atoms with Gasteiger partial charge < -0.3 is 20.4 Å². The Morgan fingerprint density at radius 2 is 0.839 bits per heavy atom. The van der Waals surface area contributed by atoms with Crippen molar-refractivity contribution in [3.05, 3.63) is 0 Å². The van der Waals surface area contributed by atoms with Gasteiger partial charge in [-0.25, -0.2) is 0 Å². The summed E-state index contributed by atoms with van der Waals surface area (Å²) in [6.45, 7) is 2.20. The van der Waals surface area contributed by atoms with E-state index in [1.165, 1.54) is 38.5 Å². The number of unbranched alkanes of at least 4 members (excludes halogenated alkanes) is 12. The number of aliphatic carboxylic acids is 4. The summed E-state index contributed by atoms with van der Waals surface area (Å²) in [4.78, 5) is 41.5. The molecule has 0 aliphatic rings. The maximum Gasteiger partial charge on any atom is 0.317 e. The maximum absolute atomic E-state index is 10.6. The van der Waals surface area contributed by atoms with Gasteiger partial charge in [-0.05, 0) is 19.3 Å². The predicted octanol–water partition coefficient (Wildman–Crippen LogP) is 5.58. The van der Waals surface area contributed by atoms with Crippen LogP contribution in [-0.2, 0) is 19.2 Å². The van der Waals surface area contributed by atoms with Gasteiger partial charge in [0.15, 0.2) is 5.92 Å². The summed E-state index contributed by atoms with van der Waals surface area (Å²) >= 11 is 0. The average molecular weight is 447 g/mol. The summed E-state index contributed by atoms with van der Waals surface area (Å²) in [7, 11) is 0. The summed E-state index contributed by atoms with van der Waals surface area (Å²) < 4.78 is 0. The van der Waals surface area contributed by atoms with Gasteiger partial charge in [0.25, 0.3) is 0 Å². The first-order valence-electron chi connectivity index (χ1n) is 11.6. The van der Waals surface area contributed by atoms with Gasteiger partial charge in [0.05, 0.1) is 0 Å². The summed E-state index contributed by atoms with van der Waals surface area (Å²) in [6.07, 6.45) is 15.0. The molecule has 31 heavy (non-hydrogen) atoms. The molecule has 0 heterocycles. The number of carbonyl (C=O) groups is 4. The Bertz CT molecular complexity index is 458. The second kappa shape index (κ2) is 22.6. The van der Waals surface area contributed by atoms with E-state index in [0.717, 1.165) is 32.1 Å². The number of rotatable bonds is 20. The second-order valence-electron chi connectivity index (χ2n) is 7.90. The average Bonchev–Trinajstić information content (AvgIpc) is 2.68. The van der Waals surface area contributed by atoms with Crippen molar-refractivity contribution in [2.45, 2.75) is 116 Å². The molecule has 0 saturated heterocycles. The fourth-order valence-electron chi connectivity index (χ4n) is 3.09. The highest BCUT2D eigenvalue weighted by atomic mass is 16.4. The van der Waals surface area contributed by atoms with Crippen molar-refractivity contribution in [3.8, 4) is 0 Å². The molecule has 0 aliphatic carbocycles. The van der Waals surface area contributed by atoms with Gasteiger partial charge in [0.2, 0.25) is 0 Å². The monoisotopic (exact) mass is 446 g/mol. The number of hydrogen-bond acceptors (Lipinski definition) is 4. The summed E-state index contributed by atoms with van der Waals surface area (Å²) in [6, 6.07) is 0. The van der Waals surface area contributed by atoms with Gasteiger partial charge >= 0.3 is 23.9 Å². The SMILES string of the molecule is CCCCCCCCCCCC(C(=O)O)C(=O)O.O=C(O)CCCCCCCC(=O)O. The van der Waals surface area contributed by atoms with Crippen LogP contribution >= 0.6 is 0 Å². The number of carboxylic acids is 4. The Morgan fingerprint density at radius 3 is 1.16 bits per heavy atom. The lowest BCUT2D eigenvalue weighted by atomic mass is 10.00. The van der Waals surface area contributed by atoms with Crippen molar-refractivity contribution in [1.29, 1.82) is 0 Å². The van der Waals surface area contributed by atoms with E-state index in [1.54, 1.807) is 0 Å². The molecule has 0 aromatic carbocycles. The third-order valence-corrected chi connectivity index (χ3v) is 4.97. The van der Waals surface area contributed by atoms with Gasteiger partial charge in [-0.1, -0.05) is 84.0 Å². The van der Waals surface area contributed by atoms with Crippen LogP contribution in [0.3, 0.4) is 0 Å². The molecule has 0 aliphatic heterocycles. The van der Waals surface area contributed by atoms with Crippen LogP contribution in [0.1, 0.15) is 116 Å². The molecular formula is C23H42O8. The lowest BCUT2D eigenvalue weighted by molar-refractivity contribution is -0.155. The van der Waals surface area contributed by atoms with Crippen LogP contribution in [0.2, 0.25) is 0 Å². The molecule has 4 N–H and O–H groups in total. The first kappa shape index (κ1) is 31.1. The first-order chi connectivity index (χ1) is 14.7. The van der Waals surface area contributed by atoms with Gasteiger partial charge in [-0.15, -0.1) is 0 Å². The standard InChI is InChI=1S/C14H26O4.C9H16O4/c1-2-3-4-5-6-7-8-9-10-11-12(13(15)16)14(17)18;10-8(11)6-4-2-1-3-5-7-9(12)13/h12H,2-11H2,1H3,(H,15,16)(H,17,18);1-7H2,(H,10,11)(H,12,13). The zero-order valence-corrected chi connectivity index (χ0v) is 19.0. The fourth-order valence-corrected chi connectivity index (χ4v) is 3.09. The molecule has 8 nitrogen and oxygen atoms in total. The fraction of sp³-hybridized carbons (Fsp3) is 0.826. The highest BCUT2D eigenvalue weighted by Gasteiger charge is 2.24. The Kier molecular flexibility index (Phi) is 22.6. The molecule has 0 atom stereocenters. The van der Waals surface area contributed by atoms with E-state index in [2.05, 4.69) is 6.92 Å². The van der Waals surface area contributed by atoms with E-state index >= 15 is 0 Å². The lowest BCUT2D eigenvalue weighted by Crippen LogP contribution is -2.23. The van der Waals surface area contributed by atoms with Crippen LogP contribution in [0.4, 0.5) is 0 Å². The molecule has 0 spiro atoms. The van der Waals surface area contributed by atoms with Crippen LogP contribution in [-0.4, -0.2) is 44.3 Å². The van der Waals surface area contributed by atoms with Crippen LogP contribution in [0.15, 0.2) is 0 Å². The van der Waals surface area contributed by atoms with Gasteiger partial charge in [-0.3, -0.25) is 19.2 Å². The van der Waals surface area contributed by atoms with Crippen LogP contribution in [0.5, 0.6) is 0 Å². The molecule has 0 aromatic heterocycles. The minimum absolute atomic E-state index is 0.221. The number of hydrogen-bond donors (Lipinski definition) is 4. The molecule has 182 valence electrons. The summed E-state index contributed by atoms with van der Waals surface area (Å²) in [5.74, 6) is -5.19. The van der Waals surface area contributed by atoms with Crippen molar-refractivity contribution in [3.63, 3.8) is 0 Å².